The molecule has 2 aromatic rings. The highest BCUT2D eigenvalue weighted by Crippen LogP contribution is 2.29. The number of nitrogens with zero attached hydrogens (tertiary/aromatic N) is 2. The molecule has 0 heterocycles. The number of carbonyl (C=O) groups excluding carboxylic acids is 1. The normalized spacial score (nSPS) is 11.6. The van der Waals surface area contributed by atoms with E-state index in [0.717, 1.165) is 5.56 Å². The number of ether oxygens (including phenoxy) is 2. The molecule has 0 radical (unpaired) electrons. The Labute approximate surface area is 158 Å². The fraction of sp³-hybridized carbons (Fsp3) is 0.190. The van der Waals surface area contributed by atoms with E-state index in [-0.39, 0.29) is 18.2 Å². The smallest absolute Gasteiger partial charge is 0.262 e. The van der Waals surface area contributed by atoms with E-state index < -0.39 is 5.91 Å². The van der Waals surface area contributed by atoms with Crippen LogP contribution in [0, 0.1) is 22.7 Å². The first-order valence-corrected chi connectivity index (χ1v) is 8.24. The molecule has 1 amide bonds. The lowest BCUT2D eigenvalue weighted by Crippen LogP contribution is -2.27. The van der Waals surface area contributed by atoms with E-state index in [1.165, 1.54) is 13.2 Å². The summed E-state index contributed by atoms with van der Waals surface area (Å²) >= 11 is 0. The van der Waals surface area contributed by atoms with Crippen LogP contribution in [-0.4, -0.2) is 19.6 Å². The van der Waals surface area contributed by atoms with Crippen LogP contribution >= 0.6 is 0 Å². The van der Waals surface area contributed by atoms with E-state index in [2.05, 4.69) is 5.32 Å². The third kappa shape index (κ3) is 5.35. The van der Waals surface area contributed by atoms with Crippen LogP contribution in [0.3, 0.4) is 0 Å². The van der Waals surface area contributed by atoms with Gasteiger partial charge in [-0.25, -0.2) is 0 Å². The molecule has 136 valence electrons. The van der Waals surface area contributed by atoms with Crippen LogP contribution in [0.2, 0.25) is 0 Å². The van der Waals surface area contributed by atoms with Crippen molar-refractivity contribution >= 4 is 12.0 Å². The number of carbonyl (C=O) groups is 1. The molecule has 0 aliphatic carbocycles. The summed E-state index contributed by atoms with van der Waals surface area (Å²) < 4.78 is 10.5. The van der Waals surface area contributed by atoms with Crippen molar-refractivity contribution in [3.05, 3.63) is 65.2 Å². The number of nitrogens with one attached hydrogen (secondary N) is 1. The Bertz CT molecular complexity index is 909. The van der Waals surface area contributed by atoms with E-state index in [4.69, 9.17) is 14.7 Å². The molecule has 6 heteroatoms. The van der Waals surface area contributed by atoms with Crippen LogP contribution < -0.4 is 14.8 Å². The van der Waals surface area contributed by atoms with E-state index in [9.17, 15) is 10.1 Å². The first-order chi connectivity index (χ1) is 13.1. The van der Waals surface area contributed by atoms with Crippen LogP contribution in [-0.2, 0) is 4.79 Å². The molecule has 0 saturated carbocycles. The van der Waals surface area contributed by atoms with Crippen molar-refractivity contribution < 1.29 is 14.3 Å². The van der Waals surface area contributed by atoms with Gasteiger partial charge in [0.25, 0.3) is 5.91 Å². The van der Waals surface area contributed by atoms with Crippen molar-refractivity contribution in [1.82, 2.24) is 5.32 Å². The summed E-state index contributed by atoms with van der Waals surface area (Å²) in [6.07, 6.45) is 1.48. The summed E-state index contributed by atoms with van der Waals surface area (Å²) in [5.74, 6) is 0.365. The number of amides is 1. The van der Waals surface area contributed by atoms with E-state index >= 15 is 0 Å². The molecule has 0 saturated heterocycles. The number of hydrogen-bond donors (Lipinski definition) is 1. The highest BCUT2D eigenvalue weighted by molar-refractivity contribution is 6.01. The topological polar surface area (TPSA) is 95.1 Å². The zero-order chi connectivity index (χ0) is 19.6. The number of benzene rings is 2. The van der Waals surface area contributed by atoms with Gasteiger partial charge in [-0.2, -0.15) is 10.5 Å². The largest absolute Gasteiger partial charge is 0.493 e. The monoisotopic (exact) mass is 361 g/mol. The third-order valence-electron chi connectivity index (χ3n) is 3.80. The molecule has 0 aromatic heterocycles. The van der Waals surface area contributed by atoms with E-state index in [0.29, 0.717) is 17.1 Å². The third-order valence-corrected chi connectivity index (χ3v) is 3.80. The zero-order valence-electron chi connectivity index (χ0n) is 15.1. The van der Waals surface area contributed by atoms with Crippen molar-refractivity contribution in [1.29, 1.82) is 10.5 Å². The van der Waals surface area contributed by atoms with Gasteiger partial charge in [-0.15, -0.1) is 0 Å². The minimum Gasteiger partial charge on any atom is -0.493 e. The zero-order valence-corrected chi connectivity index (χ0v) is 15.1. The number of rotatable bonds is 7. The van der Waals surface area contributed by atoms with Crippen molar-refractivity contribution in [2.75, 3.05) is 13.7 Å². The minimum absolute atomic E-state index is 0.0227. The quantitative estimate of drug-likeness (QED) is 0.602. The molecular weight excluding hydrogens is 342 g/mol. The maximum Gasteiger partial charge on any atom is 0.262 e. The molecule has 2 aromatic carbocycles. The SMILES string of the molecule is COc1cc(/C=C(\C#N)C(=O)NC(C)c2ccccc2)ccc1OCC#N. The van der Waals surface area contributed by atoms with Crippen LogP contribution in [0.25, 0.3) is 6.08 Å². The average Bonchev–Trinajstić information content (AvgIpc) is 2.71. The van der Waals surface area contributed by atoms with Gasteiger partial charge in [0, 0.05) is 0 Å². The Morgan fingerprint density at radius 2 is 1.93 bits per heavy atom. The Hall–Kier alpha value is -3.77. The fourth-order valence-electron chi connectivity index (χ4n) is 2.42. The van der Waals surface area contributed by atoms with Crippen molar-refractivity contribution in [2.24, 2.45) is 0 Å². The lowest BCUT2D eigenvalue weighted by molar-refractivity contribution is -0.117. The molecular formula is C21H19N3O3. The molecule has 0 spiro atoms. The molecule has 1 N–H and O–H groups in total. The van der Waals surface area contributed by atoms with Gasteiger partial charge < -0.3 is 14.8 Å². The van der Waals surface area contributed by atoms with Gasteiger partial charge in [0.1, 0.15) is 17.7 Å². The predicted octanol–water partition coefficient (Wildman–Crippen LogP) is 3.38. The Morgan fingerprint density at radius 3 is 2.56 bits per heavy atom. The fourth-order valence-corrected chi connectivity index (χ4v) is 2.42. The van der Waals surface area contributed by atoms with Crippen LogP contribution in [0.5, 0.6) is 11.5 Å². The standard InChI is InChI=1S/C21H19N3O3/c1-15(17-6-4-3-5-7-17)24-21(25)18(14-23)12-16-8-9-19(27-11-10-22)20(13-16)26-2/h3-9,12-13,15H,11H2,1-2H3,(H,24,25)/b18-12+. The number of methoxy groups -OCH3 is 1. The Morgan fingerprint density at radius 1 is 1.19 bits per heavy atom. The lowest BCUT2D eigenvalue weighted by atomic mass is 10.1. The molecule has 27 heavy (non-hydrogen) atoms. The molecule has 6 nitrogen and oxygen atoms in total. The van der Waals surface area contributed by atoms with E-state index in [1.54, 1.807) is 18.2 Å². The lowest BCUT2D eigenvalue weighted by Gasteiger charge is -2.14. The molecule has 2 rings (SSSR count). The Balaban J connectivity index is 2.18. The second kappa shape index (κ2) is 9.65. The molecule has 1 unspecified atom stereocenters. The molecule has 0 fully saturated rings. The van der Waals surface area contributed by atoms with Crippen molar-refractivity contribution in [2.45, 2.75) is 13.0 Å². The van der Waals surface area contributed by atoms with Crippen LogP contribution in [0.4, 0.5) is 0 Å². The highest BCUT2D eigenvalue weighted by atomic mass is 16.5. The molecule has 1 atom stereocenters. The Kier molecular flexibility index (Phi) is 6.99. The summed E-state index contributed by atoms with van der Waals surface area (Å²) in [6, 6.07) is 18.0. The summed E-state index contributed by atoms with van der Waals surface area (Å²) in [5, 5.41) is 20.8. The predicted molar refractivity (Wildman–Crippen MR) is 101 cm³/mol. The van der Waals surface area contributed by atoms with Gasteiger partial charge in [0.05, 0.1) is 13.2 Å². The van der Waals surface area contributed by atoms with Gasteiger partial charge in [-0.1, -0.05) is 36.4 Å². The highest BCUT2D eigenvalue weighted by Gasteiger charge is 2.14. The first kappa shape index (κ1) is 19.6. The van der Waals surface area contributed by atoms with Gasteiger partial charge in [0.2, 0.25) is 0 Å². The molecule has 0 aliphatic heterocycles. The second-order valence-electron chi connectivity index (χ2n) is 5.63. The number of hydrogen-bond acceptors (Lipinski definition) is 5. The summed E-state index contributed by atoms with van der Waals surface area (Å²) in [7, 11) is 1.47. The van der Waals surface area contributed by atoms with Gasteiger partial charge in [-0.05, 0) is 36.3 Å². The maximum absolute atomic E-state index is 12.4. The summed E-state index contributed by atoms with van der Waals surface area (Å²) in [6.45, 7) is 1.75. The van der Waals surface area contributed by atoms with Crippen LogP contribution in [0.1, 0.15) is 24.1 Å². The molecule has 0 aliphatic rings. The van der Waals surface area contributed by atoms with Gasteiger partial charge in [-0.3, -0.25) is 4.79 Å². The minimum atomic E-state index is -0.461. The van der Waals surface area contributed by atoms with Crippen LogP contribution in [0.15, 0.2) is 54.1 Å². The average molecular weight is 361 g/mol. The molecule has 0 bridgehead atoms. The second-order valence-corrected chi connectivity index (χ2v) is 5.63. The van der Waals surface area contributed by atoms with Crippen molar-refractivity contribution in [3.63, 3.8) is 0 Å². The maximum atomic E-state index is 12.4. The number of nitriles is 2. The summed E-state index contributed by atoms with van der Waals surface area (Å²) in [5.41, 5.74) is 1.53. The summed E-state index contributed by atoms with van der Waals surface area (Å²) in [4.78, 5) is 12.4. The van der Waals surface area contributed by atoms with E-state index in [1.807, 2.05) is 49.4 Å². The first-order valence-electron chi connectivity index (χ1n) is 8.24. The van der Waals surface area contributed by atoms with Crippen molar-refractivity contribution in [3.8, 4) is 23.6 Å². The van der Waals surface area contributed by atoms with Gasteiger partial charge >= 0.3 is 0 Å². The van der Waals surface area contributed by atoms with Gasteiger partial charge in [0.15, 0.2) is 18.1 Å².